The number of amides is 2. The average Bonchev–Trinajstić information content (AvgIpc) is 2.79. The van der Waals surface area contributed by atoms with Crippen LogP contribution < -0.4 is 15.4 Å². The van der Waals surface area contributed by atoms with E-state index < -0.39 is 22.0 Å². The van der Waals surface area contributed by atoms with Crippen molar-refractivity contribution in [2.75, 3.05) is 18.4 Å². The van der Waals surface area contributed by atoms with Crippen LogP contribution >= 0.6 is 0 Å². The van der Waals surface area contributed by atoms with Crippen molar-refractivity contribution in [3.8, 4) is 5.75 Å². The van der Waals surface area contributed by atoms with Gasteiger partial charge in [0, 0.05) is 38.1 Å². The van der Waals surface area contributed by atoms with Gasteiger partial charge in [0.2, 0.25) is 15.9 Å². The minimum atomic E-state index is -3.84. The lowest BCUT2D eigenvalue weighted by molar-refractivity contribution is -0.126. The van der Waals surface area contributed by atoms with Crippen molar-refractivity contribution < 1.29 is 22.7 Å². The SMILES string of the molecule is Cc1cc2c(cc1S(=O)(=O)N1CCC[C@H](C(=O)NCc3cccnc3)C1)O[C@H](C)C(=O)N2. The molecule has 4 rings (SSSR count). The minimum absolute atomic E-state index is 0.117. The first-order chi connectivity index (χ1) is 15.3. The second kappa shape index (κ2) is 8.87. The molecule has 170 valence electrons. The average molecular weight is 459 g/mol. The van der Waals surface area contributed by atoms with E-state index in [0.29, 0.717) is 42.9 Å². The van der Waals surface area contributed by atoms with Gasteiger partial charge in [-0.05, 0) is 49.9 Å². The second-order valence-electron chi connectivity index (χ2n) is 8.14. The maximum atomic E-state index is 13.4. The Morgan fingerprint density at radius 3 is 2.94 bits per heavy atom. The summed E-state index contributed by atoms with van der Waals surface area (Å²) in [6, 6.07) is 6.73. The summed E-state index contributed by atoms with van der Waals surface area (Å²) in [5, 5.41) is 5.61. The minimum Gasteiger partial charge on any atom is -0.479 e. The highest BCUT2D eigenvalue weighted by Gasteiger charge is 2.35. The van der Waals surface area contributed by atoms with Crippen LogP contribution in [0.4, 0.5) is 5.69 Å². The Bertz CT molecular complexity index is 1140. The Morgan fingerprint density at radius 1 is 1.38 bits per heavy atom. The molecule has 1 saturated heterocycles. The number of ether oxygens (including phenoxy) is 1. The third-order valence-electron chi connectivity index (χ3n) is 5.77. The number of hydrogen-bond donors (Lipinski definition) is 2. The van der Waals surface area contributed by atoms with Gasteiger partial charge in [0.1, 0.15) is 5.75 Å². The molecular weight excluding hydrogens is 432 g/mol. The van der Waals surface area contributed by atoms with Gasteiger partial charge in [-0.25, -0.2) is 8.42 Å². The topological polar surface area (TPSA) is 118 Å². The van der Waals surface area contributed by atoms with E-state index in [9.17, 15) is 18.0 Å². The number of anilines is 1. The zero-order valence-corrected chi connectivity index (χ0v) is 18.8. The van der Waals surface area contributed by atoms with E-state index in [1.807, 2.05) is 6.07 Å². The normalized spacial score (nSPS) is 21.2. The molecule has 2 N–H and O–H groups in total. The van der Waals surface area contributed by atoms with E-state index in [2.05, 4.69) is 15.6 Å². The third kappa shape index (κ3) is 4.46. The van der Waals surface area contributed by atoms with Gasteiger partial charge in [0.05, 0.1) is 16.5 Å². The summed E-state index contributed by atoms with van der Waals surface area (Å²) in [6.07, 6.45) is 3.86. The predicted molar refractivity (Wildman–Crippen MR) is 117 cm³/mol. The molecule has 10 heteroatoms. The third-order valence-corrected chi connectivity index (χ3v) is 7.78. The van der Waals surface area contributed by atoms with Crippen molar-refractivity contribution in [3.05, 3.63) is 47.8 Å². The molecule has 1 aromatic heterocycles. The van der Waals surface area contributed by atoms with Crippen LogP contribution in [0, 0.1) is 12.8 Å². The van der Waals surface area contributed by atoms with Crippen LogP contribution in [0.25, 0.3) is 0 Å². The fourth-order valence-electron chi connectivity index (χ4n) is 3.97. The molecule has 2 amide bonds. The molecule has 2 aromatic rings. The summed E-state index contributed by atoms with van der Waals surface area (Å²) in [5.41, 5.74) is 1.84. The number of sulfonamides is 1. The van der Waals surface area contributed by atoms with E-state index in [1.54, 1.807) is 38.4 Å². The van der Waals surface area contributed by atoms with Crippen LogP contribution in [-0.2, 0) is 26.2 Å². The highest BCUT2D eigenvalue weighted by atomic mass is 32.2. The van der Waals surface area contributed by atoms with Crippen LogP contribution in [-0.4, -0.2) is 48.7 Å². The predicted octanol–water partition coefficient (Wildman–Crippen LogP) is 1.83. The molecule has 1 fully saturated rings. The smallest absolute Gasteiger partial charge is 0.265 e. The Kier molecular flexibility index (Phi) is 6.16. The summed E-state index contributed by atoms with van der Waals surface area (Å²) in [4.78, 5) is 28.7. The number of benzene rings is 1. The number of rotatable bonds is 5. The highest BCUT2D eigenvalue weighted by molar-refractivity contribution is 7.89. The number of carbonyl (C=O) groups is 2. The summed E-state index contributed by atoms with van der Waals surface area (Å²) in [6.45, 7) is 4.09. The summed E-state index contributed by atoms with van der Waals surface area (Å²) >= 11 is 0. The van der Waals surface area contributed by atoms with Crippen molar-refractivity contribution >= 4 is 27.5 Å². The van der Waals surface area contributed by atoms with E-state index in [1.165, 1.54) is 10.4 Å². The van der Waals surface area contributed by atoms with Crippen molar-refractivity contribution in [2.24, 2.45) is 5.92 Å². The molecule has 0 radical (unpaired) electrons. The molecule has 0 bridgehead atoms. The first-order valence-corrected chi connectivity index (χ1v) is 12.0. The lowest BCUT2D eigenvalue weighted by Crippen LogP contribution is -2.45. The summed E-state index contributed by atoms with van der Waals surface area (Å²) < 4.78 is 33.8. The Labute approximate surface area is 187 Å². The van der Waals surface area contributed by atoms with Crippen molar-refractivity contribution in [3.63, 3.8) is 0 Å². The summed E-state index contributed by atoms with van der Waals surface area (Å²) in [7, 11) is -3.84. The van der Waals surface area contributed by atoms with Crippen molar-refractivity contribution in [1.82, 2.24) is 14.6 Å². The molecule has 0 spiro atoms. The fourth-order valence-corrected chi connectivity index (χ4v) is 5.72. The fraction of sp³-hybridized carbons (Fsp3) is 0.409. The molecule has 32 heavy (non-hydrogen) atoms. The first kappa shape index (κ1) is 22.2. The monoisotopic (exact) mass is 458 g/mol. The van der Waals surface area contributed by atoms with Gasteiger partial charge in [0.15, 0.2) is 6.10 Å². The Morgan fingerprint density at radius 2 is 2.19 bits per heavy atom. The van der Waals surface area contributed by atoms with Crippen LogP contribution in [0.5, 0.6) is 5.75 Å². The Balaban J connectivity index is 1.50. The maximum Gasteiger partial charge on any atom is 0.265 e. The van der Waals surface area contributed by atoms with E-state index in [0.717, 1.165) is 5.56 Å². The lowest BCUT2D eigenvalue weighted by atomic mass is 9.99. The number of hydrogen-bond acceptors (Lipinski definition) is 6. The zero-order valence-electron chi connectivity index (χ0n) is 18.0. The number of aromatic nitrogens is 1. The zero-order chi connectivity index (χ0) is 22.9. The molecule has 2 aliphatic rings. The number of nitrogens with zero attached hydrogens (tertiary/aromatic N) is 2. The van der Waals surface area contributed by atoms with Crippen LogP contribution in [0.3, 0.4) is 0 Å². The second-order valence-corrected chi connectivity index (χ2v) is 10.1. The van der Waals surface area contributed by atoms with Crippen LogP contribution in [0.15, 0.2) is 41.6 Å². The standard InChI is InChI=1S/C22H26N4O5S/c1-14-9-18-19(31-15(2)21(27)25-18)10-20(14)32(29,30)26-8-4-6-17(13-26)22(28)24-12-16-5-3-7-23-11-16/h3,5,7,9-11,15,17H,4,6,8,12-13H2,1-2H3,(H,24,28)(H,25,27)/t15-,17+/m1/s1. The Hall–Kier alpha value is -2.98. The first-order valence-electron chi connectivity index (χ1n) is 10.5. The van der Waals surface area contributed by atoms with Gasteiger partial charge >= 0.3 is 0 Å². The van der Waals surface area contributed by atoms with Gasteiger partial charge < -0.3 is 15.4 Å². The number of nitrogens with one attached hydrogen (secondary N) is 2. The largest absolute Gasteiger partial charge is 0.479 e. The number of pyridine rings is 1. The molecular formula is C22H26N4O5S. The van der Waals surface area contributed by atoms with E-state index in [4.69, 9.17) is 4.74 Å². The number of aryl methyl sites for hydroxylation is 1. The molecule has 9 nitrogen and oxygen atoms in total. The van der Waals surface area contributed by atoms with Crippen molar-refractivity contribution in [2.45, 2.75) is 44.2 Å². The quantitative estimate of drug-likeness (QED) is 0.706. The maximum absolute atomic E-state index is 13.4. The highest BCUT2D eigenvalue weighted by Crippen LogP contribution is 2.36. The number of piperidine rings is 1. The lowest BCUT2D eigenvalue weighted by Gasteiger charge is -2.32. The molecule has 2 aliphatic heterocycles. The van der Waals surface area contributed by atoms with Gasteiger partial charge in [-0.15, -0.1) is 0 Å². The molecule has 3 heterocycles. The number of fused-ring (bicyclic) bond motifs is 1. The molecule has 0 unspecified atom stereocenters. The molecule has 1 aromatic carbocycles. The van der Waals surface area contributed by atoms with Gasteiger partial charge in [-0.2, -0.15) is 4.31 Å². The van der Waals surface area contributed by atoms with Gasteiger partial charge in [-0.1, -0.05) is 6.07 Å². The van der Waals surface area contributed by atoms with Crippen molar-refractivity contribution in [1.29, 1.82) is 0 Å². The molecule has 0 saturated carbocycles. The van der Waals surface area contributed by atoms with Crippen LogP contribution in [0.2, 0.25) is 0 Å². The van der Waals surface area contributed by atoms with E-state index >= 15 is 0 Å². The van der Waals surface area contributed by atoms with Gasteiger partial charge in [0.25, 0.3) is 5.91 Å². The molecule has 0 aliphatic carbocycles. The van der Waals surface area contributed by atoms with Gasteiger partial charge in [-0.3, -0.25) is 14.6 Å². The van der Waals surface area contributed by atoms with Crippen LogP contribution in [0.1, 0.15) is 30.9 Å². The summed E-state index contributed by atoms with van der Waals surface area (Å²) in [5.74, 6) is -0.549. The van der Waals surface area contributed by atoms with E-state index in [-0.39, 0.29) is 23.3 Å². The molecule has 2 atom stereocenters. The number of carbonyl (C=O) groups excluding carboxylic acids is 2.